The molecule has 0 radical (unpaired) electrons. The molecule has 4 heteroatoms. The van der Waals surface area contributed by atoms with Gasteiger partial charge in [-0.25, -0.2) is 0 Å². The highest BCUT2D eigenvalue weighted by Gasteiger charge is 2.15. The molecule has 1 unspecified atom stereocenters. The van der Waals surface area contributed by atoms with E-state index in [4.69, 9.17) is 16.3 Å². The molecule has 0 bridgehead atoms. The summed E-state index contributed by atoms with van der Waals surface area (Å²) in [5.41, 5.74) is 2.19. The summed E-state index contributed by atoms with van der Waals surface area (Å²) in [6.45, 7) is 0. The molecule has 0 fully saturated rings. The molecule has 2 aromatic rings. The number of halogens is 2. The molecule has 0 heterocycles. The van der Waals surface area contributed by atoms with Gasteiger partial charge in [-0.05, 0) is 52.3 Å². The lowest BCUT2D eigenvalue weighted by atomic mass is 9.99. The summed E-state index contributed by atoms with van der Waals surface area (Å²) in [7, 11) is 3.58. The summed E-state index contributed by atoms with van der Waals surface area (Å²) in [6.07, 6.45) is 0. The lowest BCUT2D eigenvalue weighted by Gasteiger charge is -2.19. The van der Waals surface area contributed by atoms with Gasteiger partial charge in [0, 0.05) is 5.02 Å². The van der Waals surface area contributed by atoms with Crippen molar-refractivity contribution in [1.82, 2.24) is 5.32 Å². The fourth-order valence-corrected chi connectivity index (χ4v) is 2.88. The minimum absolute atomic E-state index is 0.0518. The lowest BCUT2D eigenvalue weighted by Crippen LogP contribution is -2.18. The van der Waals surface area contributed by atoms with Gasteiger partial charge in [0.1, 0.15) is 5.75 Å². The molecule has 2 nitrogen and oxygen atoms in total. The van der Waals surface area contributed by atoms with E-state index in [1.54, 1.807) is 7.11 Å². The van der Waals surface area contributed by atoms with Crippen LogP contribution in [0.4, 0.5) is 0 Å². The second kappa shape index (κ2) is 6.42. The van der Waals surface area contributed by atoms with Crippen LogP contribution in [0.5, 0.6) is 5.75 Å². The highest BCUT2D eigenvalue weighted by atomic mass is 79.9. The number of ether oxygens (including phenoxy) is 1. The van der Waals surface area contributed by atoms with Crippen molar-refractivity contribution < 1.29 is 4.74 Å². The zero-order valence-electron chi connectivity index (χ0n) is 10.8. The first-order valence-corrected chi connectivity index (χ1v) is 7.09. The number of benzene rings is 2. The third-order valence-corrected chi connectivity index (χ3v) is 3.98. The molecule has 1 atom stereocenters. The second-order valence-corrected chi connectivity index (χ2v) is 5.40. The molecule has 0 aliphatic carbocycles. The van der Waals surface area contributed by atoms with Gasteiger partial charge in [0.15, 0.2) is 0 Å². The minimum atomic E-state index is 0.0518. The van der Waals surface area contributed by atoms with Crippen molar-refractivity contribution in [2.75, 3.05) is 14.2 Å². The van der Waals surface area contributed by atoms with Gasteiger partial charge in [0.2, 0.25) is 0 Å². The van der Waals surface area contributed by atoms with Crippen LogP contribution in [0, 0.1) is 0 Å². The highest BCUT2D eigenvalue weighted by Crippen LogP contribution is 2.32. The van der Waals surface area contributed by atoms with Crippen molar-refractivity contribution in [2.45, 2.75) is 6.04 Å². The monoisotopic (exact) mass is 339 g/mol. The standard InChI is InChI=1S/C15H15BrClNO/c1-18-15(11-5-3-4-6-13(11)17)10-7-8-14(19-2)12(16)9-10/h3-9,15,18H,1-2H3. The van der Waals surface area contributed by atoms with Gasteiger partial charge in [-0.15, -0.1) is 0 Å². The van der Waals surface area contributed by atoms with E-state index < -0.39 is 0 Å². The van der Waals surface area contributed by atoms with Crippen molar-refractivity contribution in [3.8, 4) is 5.75 Å². The maximum Gasteiger partial charge on any atom is 0.133 e. The molecule has 2 aromatic carbocycles. The summed E-state index contributed by atoms with van der Waals surface area (Å²) in [6, 6.07) is 13.9. The van der Waals surface area contributed by atoms with Crippen LogP contribution in [0.2, 0.25) is 5.02 Å². The summed E-state index contributed by atoms with van der Waals surface area (Å²) < 4.78 is 6.18. The molecule has 0 saturated carbocycles. The SMILES string of the molecule is CNC(c1ccc(OC)c(Br)c1)c1ccccc1Cl. The van der Waals surface area contributed by atoms with Gasteiger partial charge >= 0.3 is 0 Å². The molecule has 0 spiro atoms. The number of methoxy groups -OCH3 is 1. The summed E-state index contributed by atoms with van der Waals surface area (Å²) in [5.74, 6) is 0.817. The maximum absolute atomic E-state index is 6.27. The predicted octanol–water partition coefficient (Wildman–Crippen LogP) is 4.42. The van der Waals surface area contributed by atoms with E-state index in [0.29, 0.717) is 0 Å². The average Bonchev–Trinajstić information content (AvgIpc) is 2.42. The summed E-state index contributed by atoms with van der Waals surface area (Å²) in [4.78, 5) is 0. The Morgan fingerprint density at radius 3 is 2.53 bits per heavy atom. The van der Waals surface area contributed by atoms with E-state index in [2.05, 4.69) is 21.2 Å². The number of nitrogens with one attached hydrogen (secondary N) is 1. The highest BCUT2D eigenvalue weighted by molar-refractivity contribution is 9.10. The quantitative estimate of drug-likeness (QED) is 0.889. The Bertz CT molecular complexity index is 574. The van der Waals surface area contributed by atoms with Crippen molar-refractivity contribution >= 4 is 27.5 Å². The van der Waals surface area contributed by atoms with Crippen molar-refractivity contribution in [3.05, 3.63) is 63.1 Å². The Morgan fingerprint density at radius 2 is 1.95 bits per heavy atom. The fraction of sp³-hybridized carbons (Fsp3) is 0.200. The van der Waals surface area contributed by atoms with Crippen LogP contribution in [0.1, 0.15) is 17.2 Å². The van der Waals surface area contributed by atoms with Crippen LogP contribution in [0.25, 0.3) is 0 Å². The molecule has 100 valence electrons. The number of hydrogen-bond donors (Lipinski definition) is 1. The Kier molecular flexibility index (Phi) is 4.86. The van der Waals surface area contributed by atoms with Gasteiger partial charge in [-0.3, -0.25) is 0 Å². The first-order valence-electron chi connectivity index (χ1n) is 5.92. The van der Waals surface area contributed by atoms with E-state index in [0.717, 1.165) is 26.4 Å². The molecule has 0 aromatic heterocycles. The Morgan fingerprint density at radius 1 is 1.21 bits per heavy atom. The normalized spacial score (nSPS) is 12.2. The van der Waals surface area contributed by atoms with Crippen LogP contribution in [0.3, 0.4) is 0 Å². The van der Waals surface area contributed by atoms with E-state index in [1.165, 1.54) is 0 Å². The topological polar surface area (TPSA) is 21.3 Å². The number of hydrogen-bond acceptors (Lipinski definition) is 2. The smallest absolute Gasteiger partial charge is 0.133 e. The molecule has 0 aliphatic rings. The first kappa shape index (κ1) is 14.4. The largest absolute Gasteiger partial charge is 0.496 e. The third-order valence-electron chi connectivity index (χ3n) is 3.01. The molecular formula is C15H15BrClNO. The molecule has 2 rings (SSSR count). The predicted molar refractivity (Wildman–Crippen MR) is 83.0 cm³/mol. The van der Waals surface area contributed by atoms with Gasteiger partial charge < -0.3 is 10.1 Å². The number of rotatable bonds is 4. The van der Waals surface area contributed by atoms with Crippen molar-refractivity contribution in [1.29, 1.82) is 0 Å². The van der Waals surface area contributed by atoms with E-state index in [1.807, 2.05) is 49.5 Å². The van der Waals surface area contributed by atoms with Crippen LogP contribution < -0.4 is 10.1 Å². The van der Waals surface area contributed by atoms with Crippen molar-refractivity contribution in [3.63, 3.8) is 0 Å². The van der Waals surface area contributed by atoms with Gasteiger partial charge in [-0.2, -0.15) is 0 Å². The van der Waals surface area contributed by atoms with E-state index >= 15 is 0 Å². The first-order chi connectivity index (χ1) is 9.17. The van der Waals surface area contributed by atoms with Gasteiger partial charge in [0.05, 0.1) is 17.6 Å². The third kappa shape index (κ3) is 3.11. The van der Waals surface area contributed by atoms with E-state index in [-0.39, 0.29) is 6.04 Å². The molecule has 0 aliphatic heterocycles. The zero-order chi connectivity index (χ0) is 13.8. The van der Waals surface area contributed by atoms with Gasteiger partial charge in [0.25, 0.3) is 0 Å². The Labute approximate surface area is 126 Å². The average molecular weight is 341 g/mol. The second-order valence-electron chi connectivity index (χ2n) is 4.14. The molecule has 19 heavy (non-hydrogen) atoms. The van der Waals surface area contributed by atoms with Crippen LogP contribution in [-0.2, 0) is 0 Å². The van der Waals surface area contributed by atoms with Gasteiger partial charge in [-0.1, -0.05) is 35.9 Å². The molecule has 0 saturated heterocycles. The summed E-state index contributed by atoms with van der Waals surface area (Å²) >= 11 is 9.78. The van der Waals surface area contributed by atoms with Crippen molar-refractivity contribution in [2.24, 2.45) is 0 Å². The maximum atomic E-state index is 6.27. The van der Waals surface area contributed by atoms with Crippen LogP contribution >= 0.6 is 27.5 Å². The molecule has 0 amide bonds. The van der Waals surface area contributed by atoms with Crippen LogP contribution in [-0.4, -0.2) is 14.2 Å². The fourth-order valence-electron chi connectivity index (χ4n) is 2.07. The Hall–Kier alpha value is -1.03. The Balaban J connectivity index is 2.43. The minimum Gasteiger partial charge on any atom is -0.496 e. The lowest BCUT2D eigenvalue weighted by molar-refractivity contribution is 0.412. The van der Waals surface area contributed by atoms with Crippen LogP contribution in [0.15, 0.2) is 46.9 Å². The van der Waals surface area contributed by atoms with E-state index in [9.17, 15) is 0 Å². The summed E-state index contributed by atoms with van der Waals surface area (Å²) in [5, 5.41) is 4.05. The molecular weight excluding hydrogens is 326 g/mol. The molecule has 1 N–H and O–H groups in total. The zero-order valence-corrected chi connectivity index (χ0v) is 13.1.